The molecule has 0 aromatic heterocycles. The highest BCUT2D eigenvalue weighted by molar-refractivity contribution is 7.80. The maximum atomic E-state index is 12.8. The van der Waals surface area contributed by atoms with Gasteiger partial charge in [-0.1, -0.05) is 31.2 Å². The van der Waals surface area contributed by atoms with E-state index in [1.54, 1.807) is 18.2 Å². The number of carbonyl (C=O) groups excluding carboxylic acids is 2. The zero-order valence-corrected chi connectivity index (χ0v) is 15.4. The maximum Gasteiger partial charge on any atom is 0.281 e. The smallest absolute Gasteiger partial charge is 0.281 e. The number of thiocarbonyl (C=S) groups is 1. The standard InChI is InChI=1S/C20H19N3O2S/c1-3-14-5-4-6-17(11-14)23-19(25)18(22-20(23)26)12-15-7-9-16(10-8-15)21-13(2)24/h4-12H,3H2,1-2H3,(H,21,24)(H,22,26)/b18-12+. The number of aryl methyl sites for hydroxylation is 1. The lowest BCUT2D eigenvalue weighted by molar-refractivity contribution is -0.114. The average Bonchev–Trinajstić information content (AvgIpc) is 2.90. The predicted molar refractivity (Wildman–Crippen MR) is 108 cm³/mol. The molecule has 0 bridgehead atoms. The lowest BCUT2D eigenvalue weighted by atomic mass is 10.1. The summed E-state index contributed by atoms with van der Waals surface area (Å²) >= 11 is 5.35. The van der Waals surface area contributed by atoms with Crippen molar-refractivity contribution in [2.75, 3.05) is 10.2 Å². The normalized spacial score (nSPS) is 15.3. The van der Waals surface area contributed by atoms with E-state index in [0.29, 0.717) is 16.5 Å². The molecule has 2 aromatic carbocycles. The molecule has 1 aliphatic heterocycles. The second kappa shape index (κ2) is 7.49. The molecule has 2 N–H and O–H groups in total. The van der Waals surface area contributed by atoms with Crippen LogP contribution in [0.2, 0.25) is 0 Å². The van der Waals surface area contributed by atoms with Gasteiger partial charge in [0.25, 0.3) is 5.91 Å². The molecule has 1 heterocycles. The molecular formula is C20H19N3O2S. The Balaban J connectivity index is 1.83. The molecule has 0 radical (unpaired) electrons. The van der Waals surface area contributed by atoms with Crippen molar-refractivity contribution in [2.45, 2.75) is 20.3 Å². The van der Waals surface area contributed by atoms with E-state index in [9.17, 15) is 9.59 Å². The van der Waals surface area contributed by atoms with Crippen LogP contribution in [0.4, 0.5) is 11.4 Å². The van der Waals surface area contributed by atoms with E-state index in [4.69, 9.17) is 12.2 Å². The van der Waals surface area contributed by atoms with E-state index in [2.05, 4.69) is 17.6 Å². The number of hydrogen-bond donors (Lipinski definition) is 2. The fourth-order valence-electron chi connectivity index (χ4n) is 2.72. The van der Waals surface area contributed by atoms with Crippen molar-refractivity contribution >= 4 is 46.6 Å². The highest BCUT2D eigenvalue weighted by atomic mass is 32.1. The maximum absolute atomic E-state index is 12.8. The van der Waals surface area contributed by atoms with Gasteiger partial charge < -0.3 is 10.6 Å². The Hall–Kier alpha value is -2.99. The monoisotopic (exact) mass is 365 g/mol. The van der Waals surface area contributed by atoms with Gasteiger partial charge in [0.05, 0.1) is 5.69 Å². The minimum atomic E-state index is -0.186. The first-order valence-corrected chi connectivity index (χ1v) is 8.72. The van der Waals surface area contributed by atoms with Crippen molar-refractivity contribution in [1.29, 1.82) is 0 Å². The van der Waals surface area contributed by atoms with Gasteiger partial charge in [0, 0.05) is 12.6 Å². The van der Waals surface area contributed by atoms with Crippen LogP contribution < -0.4 is 15.5 Å². The molecule has 0 spiro atoms. The molecule has 3 rings (SSSR count). The first-order valence-electron chi connectivity index (χ1n) is 8.31. The number of carbonyl (C=O) groups is 2. The summed E-state index contributed by atoms with van der Waals surface area (Å²) in [6.07, 6.45) is 2.63. The van der Waals surface area contributed by atoms with E-state index < -0.39 is 0 Å². The largest absolute Gasteiger partial charge is 0.327 e. The number of anilines is 2. The zero-order valence-electron chi connectivity index (χ0n) is 14.6. The molecule has 5 nitrogen and oxygen atoms in total. The van der Waals surface area contributed by atoms with Crippen molar-refractivity contribution < 1.29 is 9.59 Å². The van der Waals surface area contributed by atoms with Crippen molar-refractivity contribution in [3.8, 4) is 0 Å². The summed E-state index contributed by atoms with van der Waals surface area (Å²) < 4.78 is 0. The molecule has 0 unspecified atom stereocenters. The number of benzene rings is 2. The SMILES string of the molecule is CCc1cccc(N2C(=O)/C(=C\c3ccc(NC(C)=O)cc3)NC2=S)c1. The van der Waals surface area contributed by atoms with E-state index in [0.717, 1.165) is 23.2 Å². The number of nitrogens with zero attached hydrogens (tertiary/aromatic N) is 1. The Morgan fingerprint density at radius 2 is 1.96 bits per heavy atom. The number of amides is 2. The molecule has 0 aliphatic carbocycles. The van der Waals surface area contributed by atoms with Crippen LogP contribution in [-0.4, -0.2) is 16.9 Å². The predicted octanol–water partition coefficient (Wildman–Crippen LogP) is 3.47. The summed E-state index contributed by atoms with van der Waals surface area (Å²) in [5.74, 6) is -0.312. The molecular weight excluding hydrogens is 346 g/mol. The van der Waals surface area contributed by atoms with Gasteiger partial charge in [0.15, 0.2) is 5.11 Å². The van der Waals surface area contributed by atoms with Crippen LogP contribution in [0, 0.1) is 0 Å². The first-order chi connectivity index (χ1) is 12.5. The third kappa shape index (κ3) is 3.81. The van der Waals surface area contributed by atoms with Crippen molar-refractivity contribution in [3.05, 3.63) is 65.4 Å². The van der Waals surface area contributed by atoms with Crippen LogP contribution in [0.5, 0.6) is 0 Å². The highest BCUT2D eigenvalue weighted by Gasteiger charge is 2.31. The minimum Gasteiger partial charge on any atom is -0.327 e. The van der Waals surface area contributed by atoms with Crippen molar-refractivity contribution in [3.63, 3.8) is 0 Å². The Kier molecular flexibility index (Phi) is 5.14. The van der Waals surface area contributed by atoms with Crippen LogP contribution in [0.3, 0.4) is 0 Å². The van der Waals surface area contributed by atoms with Crippen LogP contribution in [0.25, 0.3) is 6.08 Å². The third-order valence-corrected chi connectivity index (χ3v) is 4.28. The highest BCUT2D eigenvalue weighted by Crippen LogP contribution is 2.24. The second-order valence-corrected chi connectivity index (χ2v) is 6.34. The summed E-state index contributed by atoms with van der Waals surface area (Å²) in [6, 6.07) is 15.0. The molecule has 26 heavy (non-hydrogen) atoms. The fourth-order valence-corrected chi connectivity index (χ4v) is 3.02. The van der Waals surface area contributed by atoms with Crippen molar-refractivity contribution in [2.24, 2.45) is 0 Å². The summed E-state index contributed by atoms with van der Waals surface area (Å²) in [4.78, 5) is 25.4. The first kappa shape index (κ1) is 17.8. The van der Waals surface area contributed by atoms with Gasteiger partial charge in [0.1, 0.15) is 5.70 Å². The molecule has 2 amide bonds. The van der Waals surface area contributed by atoms with Gasteiger partial charge in [-0.05, 0) is 60.1 Å². The van der Waals surface area contributed by atoms with Gasteiger partial charge in [0.2, 0.25) is 5.91 Å². The van der Waals surface area contributed by atoms with Gasteiger partial charge in [-0.15, -0.1) is 0 Å². The number of rotatable bonds is 4. The quantitative estimate of drug-likeness (QED) is 0.643. The summed E-state index contributed by atoms with van der Waals surface area (Å²) in [5, 5.41) is 6.06. The van der Waals surface area contributed by atoms with E-state index in [1.165, 1.54) is 11.8 Å². The van der Waals surface area contributed by atoms with Gasteiger partial charge in [-0.25, -0.2) is 0 Å². The molecule has 6 heteroatoms. The van der Waals surface area contributed by atoms with E-state index in [-0.39, 0.29) is 11.8 Å². The Morgan fingerprint density at radius 3 is 2.62 bits per heavy atom. The molecule has 1 saturated heterocycles. The summed E-state index contributed by atoms with van der Waals surface area (Å²) in [6.45, 7) is 3.53. The number of hydrogen-bond acceptors (Lipinski definition) is 3. The van der Waals surface area contributed by atoms with Crippen LogP contribution in [-0.2, 0) is 16.0 Å². The molecule has 0 atom stereocenters. The Bertz CT molecular complexity index is 904. The fraction of sp³-hybridized carbons (Fsp3) is 0.150. The molecule has 1 fully saturated rings. The minimum absolute atomic E-state index is 0.126. The third-order valence-electron chi connectivity index (χ3n) is 4.00. The van der Waals surface area contributed by atoms with Crippen LogP contribution in [0.1, 0.15) is 25.0 Å². The van der Waals surface area contributed by atoms with Crippen molar-refractivity contribution in [1.82, 2.24) is 5.32 Å². The topological polar surface area (TPSA) is 61.4 Å². The lowest BCUT2D eigenvalue weighted by Crippen LogP contribution is -2.30. The average molecular weight is 365 g/mol. The summed E-state index contributed by atoms with van der Waals surface area (Å²) in [7, 11) is 0. The molecule has 2 aromatic rings. The van der Waals surface area contributed by atoms with Crippen LogP contribution in [0.15, 0.2) is 54.2 Å². The van der Waals surface area contributed by atoms with Crippen LogP contribution >= 0.6 is 12.2 Å². The molecule has 132 valence electrons. The van der Waals surface area contributed by atoms with Gasteiger partial charge in [-0.3, -0.25) is 14.5 Å². The van der Waals surface area contributed by atoms with E-state index in [1.807, 2.05) is 36.4 Å². The molecule has 1 aliphatic rings. The van der Waals surface area contributed by atoms with Gasteiger partial charge in [-0.2, -0.15) is 0 Å². The molecule has 0 saturated carbocycles. The van der Waals surface area contributed by atoms with E-state index >= 15 is 0 Å². The Morgan fingerprint density at radius 1 is 1.23 bits per heavy atom. The van der Waals surface area contributed by atoms with Gasteiger partial charge >= 0.3 is 0 Å². The zero-order chi connectivity index (χ0) is 18.7. The Labute approximate surface area is 157 Å². The second-order valence-electron chi connectivity index (χ2n) is 5.96. The lowest BCUT2D eigenvalue weighted by Gasteiger charge is -2.14. The summed E-state index contributed by atoms with van der Waals surface area (Å²) in [5.41, 5.74) is 3.87. The number of nitrogens with one attached hydrogen (secondary N) is 2.